The zero-order valence-corrected chi connectivity index (χ0v) is 16.2. The van der Waals surface area contributed by atoms with Crippen LogP contribution in [0.25, 0.3) is 11.4 Å². The maximum absolute atomic E-state index is 13.1. The van der Waals surface area contributed by atoms with Gasteiger partial charge in [0.2, 0.25) is 17.6 Å². The van der Waals surface area contributed by atoms with E-state index in [9.17, 15) is 9.18 Å². The molecule has 0 radical (unpaired) electrons. The van der Waals surface area contributed by atoms with E-state index in [-0.39, 0.29) is 17.8 Å². The van der Waals surface area contributed by atoms with Gasteiger partial charge in [0.05, 0.1) is 7.11 Å². The lowest BCUT2D eigenvalue weighted by atomic mass is 10.1. The van der Waals surface area contributed by atoms with E-state index in [4.69, 9.17) is 9.26 Å². The van der Waals surface area contributed by atoms with Gasteiger partial charge in [0.15, 0.2) is 0 Å². The summed E-state index contributed by atoms with van der Waals surface area (Å²) in [5.41, 5.74) is 1.68. The number of methoxy groups -OCH3 is 1. The summed E-state index contributed by atoms with van der Waals surface area (Å²) in [4.78, 5) is 19.1. The maximum Gasteiger partial charge on any atom is 0.249 e. The molecule has 1 saturated heterocycles. The summed E-state index contributed by atoms with van der Waals surface area (Å²) in [5, 5.41) is 4.01. The van der Waals surface area contributed by atoms with E-state index in [1.165, 1.54) is 12.1 Å². The van der Waals surface area contributed by atoms with Crippen LogP contribution in [0.1, 0.15) is 36.8 Å². The van der Waals surface area contributed by atoms with Gasteiger partial charge in [-0.05, 0) is 55.2 Å². The molecule has 0 aliphatic carbocycles. The van der Waals surface area contributed by atoms with E-state index in [2.05, 4.69) is 10.1 Å². The molecule has 2 heterocycles. The van der Waals surface area contributed by atoms with Gasteiger partial charge in [0.25, 0.3) is 0 Å². The van der Waals surface area contributed by atoms with Crippen LogP contribution >= 0.6 is 0 Å². The maximum atomic E-state index is 13.1. The molecular weight excluding hydrogens is 373 g/mol. The topological polar surface area (TPSA) is 68.5 Å². The minimum absolute atomic E-state index is 0.0555. The van der Waals surface area contributed by atoms with Gasteiger partial charge in [-0.25, -0.2) is 4.39 Å². The molecule has 1 unspecified atom stereocenters. The number of hydrogen-bond acceptors (Lipinski definition) is 5. The lowest BCUT2D eigenvalue weighted by Gasteiger charge is -2.22. The van der Waals surface area contributed by atoms with E-state index in [1.54, 1.807) is 19.2 Å². The fraction of sp³-hybridized carbons (Fsp3) is 0.318. The average molecular weight is 395 g/mol. The highest BCUT2D eigenvalue weighted by Gasteiger charge is 2.33. The molecular formula is C22H22FN3O3. The normalized spacial score (nSPS) is 16.2. The zero-order chi connectivity index (χ0) is 20.2. The number of nitrogens with zero attached hydrogens (tertiary/aromatic N) is 3. The number of benzene rings is 2. The van der Waals surface area contributed by atoms with Gasteiger partial charge in [0.1, 0.15) is 17.6 Å². The van der Waals surface area contributed by atoms with Crippen molar-refractivity contribution in [1.82, 2.24) is 15.0 Å². The molecule has 4 rings (SSSR count). The Balaban J connectivity index is 1.45. The molecule has 6 nitrogen and oxygen atoms in total. The van der Waals surface area contributed by atoms with Crippen molar-refractivity contribution in [2.75, 3.05) is 13.7 Å². The molecule has 0 saturated carbocycles. The molecule has 3 aromatic rings. The van der Waals surface area contributed by atoms with Crippen LogP contribution in [0.3, 0.4) is 0 Å². The van der Waals surface area contributed by atoms with E-state index >= 15 is 0 Å². The van der Waals surface area contributed by atoms with Crippen LogP contribution in [0.2, 0.25) is 0 Å². The van der Waals surface area contributed by atoms with Crippen molar-refractivity contribution in [3.63, 3.8) is 0 Å². The zero-order valence-electron chi connectivity index (χ0n) is 16.2. The van der Waals surface area contributed by atoms with Gasteiger partial charge in [-0.1, -0.05) is 23.4 Å². The molecule has 1 amide bonds. The van der Waals surface area contributed by atoms with Crippen LogP contribution in [-0.2, 0) is 11.2 Å². The largest absolute Gasteiger partial charge is 0.496 e. The van der Waals surface area contributed by atoms with Crippen molar-refractivity contribution in [3.05, 3.63) is 65.8 Å². The monoisotopic (exact) mass is 395 g/mol. The number of amides is 1. The van der Waals surface area contributed by atoms with Crippen molar-refractivity contribution < 1.29 is 18.4 Å². The smallest absolute Gasteiger partial charge is 0.249 e. The Morgan fingerprint density at radius 2 is 2.03 bits per heavy atom. The lowest BCUT2D eigenvalue weighted by Crippen LogP contribution is -2.30. The van der Waals surface area contributed by atoms with Crippen molar-refractivity contribution in [2.24, 2.45) is 0 Å². The quantitative estimate of drug-likeness (QED) is 0.626. The van der Waals surface area contributed by atoms with Gasteiger partial charge in [0, 0.05) is 18.5 Å². The van der Waals surface area contributed by atoms with Crippen LogP contribution in [-0.4, -0.2) is 34.6 Å². The van der Waals surface area contributed by atoms with Crippen molar-refractivity contribution >= 4 is 5.91 Å². The van der Waals surface area contributed by atoms with Crippen molar-refractivity contribution in [2.45, 2.75) is 31.7 Å². The van der Waals surface area contributed by atoms with E-state index in [0.717, 1.165) is 24.2 Å². The minimum atomic E-state index is -0.319. The second-order valence-corrected chi connectivity index (χ2v) is 7.02. The van der Waals surface area contributed by atoms with Gasteiger partial charge in [-0.3, -0.25) is 4.79 Å². The second-order valence-electron chi connectivity index (χ2n) is 7.02. The van der Waals surface area contributed by atoms with Crippen molar-refractivity contribution in [1.29, 1.82) is 0 Å². The van der Waals surface area contributed by atoms with Crippen LogP contribution in [0, 0.1) is 5.82 Å². The molecule has 1 fully saturated rings. The lowest BCUT2D eigenvalue weighted by molar-refractivity contribution is -0.132. The van der Waals surface area contributed by atoms with Gasteiger partial charge in [-0.15, -0.1) is 0 Å². The summed E-state index contributed by atoms with van der Waals surface area (Å²) in [6, 6.07) is 13.4. The molecule has 1 aliphatic rings. The predicted molar refractivity (Wildman–Crippen MR) is 105 cm³/mol. The van der Waals surface area contributed by atoms with Gasteiger partial charge >= 0.3 is 0 Å². The summed E-state index contributed by atoms with van der Waals surface area (Å²) >= 11 is 0. The van der Waals surface area contributed by atoms with E-state index in [1.807, 2.05) is 29.2 Å². The SMILES string of the molecule is COc1ccccc1CCC(=O)N1CCCC1c1nc(-c2ccc(F)cc2)no1. The summed E-state index contributed by atoms with van der Waals surface area (Å²) < 4.78 is 23.9. The number of rotatable bonds is 6. The minimum Gasteiger partial charge on any atom is -0.496 e. The first kappa shape index (κ1) is 19.1. The molecule has 1 aromatic heterocycles. The van der Waals surface area contributed by atoms with Crippen molar-refractivity contribution in [3.8, 4) is 17.1 Å². The van der Waals surface area contributed by atoms with Crippen LogP contribution in [0.4, 0.5) is 4.39 Å². The number of hydrogen-bond donors (Lipinski definition) is 0. The molecule has 7 heteroatoms. The third-order valence-electron chi connectivity index (χ3n) is 5.20. The number of likely N-dealkylation sites (tertiary alicyclic amines) is 1. The van der Waals surface area contributed by atoms with E-state index < -0.39 is 0 Å². The number of aryl methyl sites for hydroxylation is 1. The van der Waals surface area contributed by atoms with Crippen LogP contribution in [0.15, 0.2) is 53.1 Å². The molecule has 0 N–H and O–H groups in total. The summed E-state index contributed by atoms with van der Waals surface area (Å²) in [6.45, 7) is 0.670. The fourth-order valence-corrected chi connectivity index (χ4v) is 3.70. The highest BCUT2D eigenvalue weighted by atomic mass is 19.1. The molecule has 1 atom stereocenters. The molecule has 1 aliphatic heterocycles. The Kier molecular flexibility index (Phi) is 5.55. The third kappa shape index (κ3) is 4.13. The summed E-state index contributed by atoms with van der Waals surface area (Å²) in [5.74, 6) is 1.35. The fourth-order valence-electron chi connectivity index (χ4n) is 3.70. The highest BCUT2D eigenvalue weighted by molar-refractivity contribution is 5.77. The number of carbonyl (C=O) groups is 1. The number of ether oxygens (including phenoxy) is 1. The van der Waals surface area contributed by atoms with Gasteiger partial charge in [-0.2, -0.15) is 4.98 Å². The number of halogens is 1. The number of para-hydroxylation sites is 1. The Hall–Kier alpha value is -3.22. The van der Waals surface area contributed by atoms with E-state index in [0.29, 0.717) is 36.7 Å². The van der Waals surface area contributed by atoms with Gasteiger partial charge < -0.3 is 14.2 Å². The first-order valence-corrected chi connectivity index (χ1v) is 9.66. The second kappa shape index (κ2) is 8.43. The molecule has 0 spiro atoms. The number of aromatic nitrogens is 2. The van der Waals surface area contributed by atoms with Crippen LogP contribution < -0.4 is 4.74 Å². The first-order valence-electron chi connectivity index (χ1n) is 9.66. The molecule has 2 aromatic carbocycles. The Labute approximate surface area is 168 Å². The highest BCUT2D eigenvalue weighted by Crippen LogP contribution is 2.33. The predicted octanol–water partition coefficient (Wildman–Crippen LogP) is 4.18. The third-order valence-corrected chi connectivity index (χ3v) is 5.20. The standard InChI is InChI=1S/C22H22FN3O3/c1-28-19-7-3-2-5-15(19)10-13-20(27)26-14-4-6-18(26)22-24-21(25-29-22)16-8-11-17(23)12-9-16/h2-3,5,7-9,11-12,18H,4,6,10,13-14H2,1H3. The molecule has 150 valence electrons. The average Bonchev–Trinajstić information content (AvgIpc) is 3.42. The summed E-state index contributed by atoms with van der Waals surface area (Å²) in [7, 11) is 1.63. The Morgan fingerprint density at radius 3 is 2.83 bits per heavy atom. The number of carbonyl (C=O) groups excluding carboxylic acids is 1. The summed E-state index contributed by atoms with van der Waals surface area (Å²) in [6.07, 6.45) is 2.66. The Bertz CT molecular complexity index is 987. The Morgan fingerprint density at radius 1 is 1.24 bits per heavy atom. The molecule has 0 bridgehead atoms. The van der Waals surface area contributed by atoms with Crippen LogP contribution in [0.5, 0.6) is 5.75 Å². The first-order chi connectivity index (χ1) is 14.2. The molecule has 29 heavy (non-hydrogen) atoms.